The predicted octanol–water partition coefficient (Wildman–Crippen LogP) is 4.99. The third-order valence-electron chi connectivity index (χ3n) is 3.01. The average Bonchev–Trinajstić information content (AvgIpc) is 2.37. The van der Waals surface area contributed by atoms with E-state index in [4.69, 9.17) is 4.74 Å². The molecule has 96 valence electrons. The van der Waals surface area contributed by atoms with E-state index >= 15 is 0 Å². The number of benzene rings is 1. The Morgan fingerprint density at radius 1 is 0.824 bits per heavy atom. The molecular formula is C16H26O. The number of aryl methyl sites for hydroxylation is 1. The Morgan fingerprint density at radius 2 is 1.53 bits per heavy atom. The molecule has 0 atom stereocenters. The Bertz CT molecular complexity index is 276. The van der Waals surface area contributed by atoms with E-state index in [1.165, 1.54) is 50.5 Å². The van der Waals surface area contributed by atoms with Crippen LogP contribution in [0.25, 0.3) is 0 Å². The smallest absolute Gasteiger partial charge is 0.119 e. The van der Waals surface area contributed by atoms with Gasteiger partial charge in [0.1, 0.15) is 5.75 Å². The molecule has 1 rings (SSSR count). The summed E-state index contributed by atoms with van der Waals surface area (Å²) in [6.45, 7) is 5.32. The van der Waals surface area contributed by atoms with Crippen molar-refractivity contribution >= 4 is 0 Å². The highest BCUT2D eigenvalue weighted by Crippen LogP contribution is 2.14. The Kier molecular flexibility index (Phi) is 7.53. The highest BCUT2D eigenvalue weighted by molar-refractivity contribution is 5.27. The average molecular weight is 234 g/mol. The molecule has 1 aromatic rings. The molecular weight excluding hydrogens is 208 g/mol. The number of hydrogen-bond acceptors (Lipinski definition) is 1. The van der Waals surface area contributed by atoms with Gasteiger partial charge in [0, 0.05) is 0 Å². The summed E-state index contributed by atoms with van der Waals surface area (Å²) in [4.78, 5) is 0. The molecule has 0 radical (unpaired) electrons. The van der Waals surface area contributed by atoms with Gasteiger partial charge in [0.25, 0.3) is 0 Å². The van der Waals surface area contributed by atoms with E-state index < -0.39 is 0 Å². The van der Waals surface area contributed by atoms with Crippen LogP contribution in [-0.4, -0.2) is 6.61 Å². The summed E-state index contributed by atoms with van der Waals surface area (Å²) in [5.74, 6) is 1.02. The minimum absolute atomic E-state index is 0.855. The molecule has 0 aliphatic carbocycles. The maximum absolute atomic E-state index is 5.71. The van der Waals surface area contributed by atoms with Crippen molar-refractivity contribution in [3.8, 4) is 5.75 Å². The number of hydrogen-bond donors (Lipinski definition) is 0. The number of rotatable bonds is 9. The second-order valence-electron chi connectivity index (χ2n) is 4.66. The van der Waals surface area contributed by atoms with Crippen LogP contribution in [0.5, 0.6) is 5.75 Å². The molecule has 1 nitrogen and oxygen atoms in total. The van der Waals surface area contributed by atoms with Crippen molar-refractivity contribution in [1.29, 1.82) is 0 Å². The first-order valence-corrected chi connectivity index (χ1v) is 7.08. The van der Waals surface area contributed by atoms with Crippen LogP contribution < -0.4 is 4.74 Å². The maximum Gasteiger partial charge on any atom is 0.119 e. The van der Waals surface area contributed by atoms with Gasteiger partial charge in [-0.05, 0) is 37.0 Å². The minimum Gasteiger partial charge on any atom is -0.494 e. The zero-order valence-electron chi connectivity index (χ0n) is 11.4. The molecule has 0 unspecified atom stereocenters. The zero-order valence-corrected chi connectivity index (χ0v) is 11.4. The first kappa shape index (κ1) is 14.1. The largest absolute Gasteiger partial charge is 0.494 e. The monoisotopic (exact) mass is 234 g/mol. The highest BCUT2D eigenvalue weighted by atomic mass is 16.5. The predicted molar refractivity (Wildman–Crippen MR) is 74.7 cm³/mol. The SMILES string of the molecule is CCCCCCOc1ccc(CCCC)cc1. The fourth-order valence-electron chi connectivity index (χ4n) is 1.85. The van der Waals surface area contributed by atoms with Crippen molar-refractivity contribution in [3.05, 3.63) is 29.8 Å². The lowest BCUT2D eigenvalue weighted by molar-refractivity contribution is 0.305. The normalized spacial score (nSPS) is 10.5. The topological polar surface area (TPSA) is 9.23 Å². The molecule has 0 heterocycles. The van der Waals surface area contributed by atoms with Gasteiger partial charge in [0.2, 0.25) is 0 Å². The van der Waals surface area contributed by atoms with Gasteiger partial charge in [-0.15, -0.1) is 0 Å². The zero-order chi connectivity index (χ0) is 12.3. The van der Waals surface area contributed by atoms with E-state index in [2.05, 4.69) is 38.1 Å². The third kappa shape index (κ3) is 6.35. The molecule has 0 aliphatic heterocycles. The van der Waals surface area contributed by atoms with Crippen molar-refractivity contribution in [1.82, 2.24) is 0 Å². The highest BCUT2D eigenvalue weighted by Gasteiger charge is 1.95. The second-order valence-corrected chi connectivity index (χ2v) is 4.66. The fraction of sp³-hybridized carbons (Fsp3) is 0.625. The van der Waals surface area contributed by atoms with Gasteiger partial charge in [-0.2, -0.15) is 0 Å². The maximum atomic E-state index is 5.71. The lowest BCUT2D eigenvalue weighted by Gasteiger charge is -2.07. The van der Waals surface area contributed by atoms with Gasteiger partial charge in [-0.1, -0.05) is 51.7 Å². The first-order valence-electron chi connectivity index (χ1n) is 7.08. The molecule has 0 bridgehead atoms. The van der Waals surface area contributed by atoms with Crippen molar-refractivity contribution in [2.45, 2.75) is 58.8 Å². The molecule has 1 aromatic carbocycles. The summed E-state index contributed by atoms with van der Waals surface area (Å²) in [6, 6.07) is 8.59. The van der Waals surface area contributed by atoms with Crippen LogP contribution in [0.1, 0.15) is 57.9 Å². The van der Waals surface area contributed by atoms with Crippen LogP contribution in [0.2, 0.25) is 0 Å². The van der Waals surface area contributed by atoms with Crippen LogP contribution >= 0.6 is 0 Å². The Hall–Kier alpha value is -0.980. The minimum atomic E-state index is 0.855. The lowest BCUT2D eigenvalue weighted by atomic mass is 10.1. The molecule has 0 aliphatic rings. The molecule has 17 heavy (non-hydrogen) atoms. The Labute approximate surface area is 106 Å². The second kappa shape index (κ2) is 9.09. The Morgan fingerprint density at radius 3 is 2.18 bits per heavy atom. The van der Waals surface area contributed by atoms with Crippen LogP contribution in [0.3, 0.4) is 0 Å². The molecule has 0 fully saturated rings. The van der Waals surface area contributed by atoms with Gasteiger partial charge < -0.3 is 4.74 Å². The van der Waals surface area contributed by atoms with E-state index in [1.807, 2.05) is 0 Å². The molecule has 0 N–H and O–H groups in total. The van der Waals surface area contributed by atoms with E-state index in [9.17, 15) is 0 Å². The summed E-state index contributed by atoms with van der Waals surface area (Å²) in [5.41, 5.74) is 1.42. The Balaban J connectivity index is 2.20. The number of ether oxygens (including phenoxy) is 1. The van der Waals surface area contributed by atoms with Gasteiger partial charge in [0.05, 0.1) is 6.61 Å². The van der Waals surface area contributed by atoms with Crippen molar-refractivity contribution in [2.24, 2.45) is 0 Å². The van der Waals surface area contributed by atoms with Crippen LogP contribution in [0.15, 0.2) is 24.3 Å². The van der Waals surface area contributed by atoms with Gasteiger partial charge in [-0.25, -0.2) is 0 Å². The summed E-state index contributed by atoms with van der Waals surface area (Å²) < 4.78 is 5.71. The quantitative estimate of drug-likeness (QED) is 0.547. The molecule has 0 spiro atoms. The molecule has 0 saturated heterocycles. The molecule has 1 heteroatoms. The molecule has 0 amide bonds. The van der Waals surface area contributed by atoms with Gasteiger partial charge in [-0.3, -0.25) is 0 Å². The summed E-state index contributed by atoms with van der Waals surface area (Å²) in [5, 5.41) is 0. The van der Waals surface area contributed by atoms with Gasteiger partial charge >= 0.3 is 0 Å². The van der Waals surface area contributed by atoms with Crippen LogP contribution in [-0.2, 0) is 6.42 Å². The van der Waals surface area contributed by atoms with E-state index in [-0.39, 0.29) is 0 Å². The summed E-state index contributed by atoms with van der Waals surface area (Å²) in [7, 11) is 0. The first-order chi connectivity index (χ1) is 8.36. The van der Waals surface area contributed by atoms with Crippen molar-refractivity contribution in [3.63, 3.8) is 0 Å². The lowest BCUT2D eigenvalue weighted by Crippen LogP contribution is -1.97. The molecule has 0 aromatic heterocycles. The number of unbranched alkanes of at least 4 members (excludes halogenated alkanes) is 4. The van der Waals surface area contributed by atoms with Crippen LogP contribution in [0.4, 0.5) is 0 Å². The van der Waals surface area contributed by atoms with Gasteiger partial charge in [0.15, 0.2) is 0 Å². The fourth-order valence-corrected chi connectivity index (χ4v) is 1.85. The van der Waals surface area contributed by atoms with E-state index in [1.54, 1.807) is 0 Å². The third-order valence-corrected chi connectivity index (χ3v) is 3.01. The van der Waals surface area contributed by atoms with E-state index in [0.29, 0.717) is 0 Å². The summed E-state index contributed by atoms with van der Waals surface area (Å²) >= 11 is 0. The van der Waals surface area contributed by atoms with Crippen molar-refractivity contribution < 1.29 is 4.74 Å². The van der Waals surface area contributed by atoms with E-state index in [0.717, 1.165) is 12.4 Å². The standard InChI is InChI=1S/C16H26O/c1-3-5-7-8-14-17-16-12-10-15(11-13-16)9-6-4-2/h10-13H,3-9,14H2,1-2H3. The molecule has 0 saturated carbocycles. The van der Waals surface area contributed by atoms with Crippen molar-refractivity contribution in [2.75, 3.05) is 6.61 Å². The summed E-state index contributed by atoms with van der Waals surface area (Å²) in [6.07, 6.45) is 8.78. The van der Waals surface area contributed by atoms with Crippen LogP contribution in [0, 0.1) is 0 Å².